The zero-order chi connectivity index (χ0) is 31.3. The molecule has 11 rings (SSSR count). The summed E-state index contributed by atoms with van der Waals surface area (Å²) in [5.74, 6) is 0. The van der Waals surface area contributed by atoms with Crippen molar-refractivity contribution in [3.8, 4) is 22.3 Å². The molecule has 48 heavy (non-hydrogen) atoms. The highest BCUT2D eigenvalue weighted by molar-refractivity contribution is 6.30. The van der Waals surface area contributed by atoms with Gasteiger partial charge in [-0.25, -0.2) is 0 Å². The van der Waals surface area contributed by atoms with Crippen molar-refractivity contribution in [3.05, 3.63) is 146 Å². The van der Waals surface area contributed by atoms with Crippen molar-refractivity contribution in [3.63, 3.8) is 0 Å². The van der Waals surface area contributed by atoms with Gasteiger partial charge in [0.25, 0.3) is 0 Å². The van der Waals surface area contributed by atoms with E-state index in [0.717, 1.165) is 98.4 Å². The van der Waals surface area contributed by atoms with Crippen LogP contribution in [0, 0.1) is 0 Å². The number of fused-ring (bicyclic) bond motifs is 14. The lowest BCUT2D eigenvalue weighted by Gasteiger charge is -2.15. The molecule has 222 valence electrons. The first-order valence-corrected chi connectivity index (χ1v) is 16.1. The second-order valence-corrected chi connectivity index (χ2v) is 12.6. The first-order chi connectivity index (χ1) is 23.8. The largest absolute Gasteiger partial charge is 0.455 e. The van der Waals surface area contributed by atoms with Crippen LogP contribution in [0.2, 0.25) is 0 Å². The van der Waals surface area contributed by atoms with E-state index in [4.69, 9.17) is 8.83 Å². The molecular formula is C44H24N2O2. The summed E-state index contributed by atoms with van der Waals surface area (Å²) in [4.78, 5) is 9.00. The molecule has 0 amide bonds. The Morgan fingerprint density at radius 2 is 0.833 bits per heavy atom. The highest BCUT2D eigenvalue weighted by Gasteiger charge is 2.20. The van der Waals surface area contributed by atoms with Gasteiger partial charge in [0.1, 0.15) is 22.3 Å². The molecule has 0 unspecified atom stereocenters. The van der Waals surface area contributed by atoms with Gasteiger partial charge in [-0.2, -0.15) is 0 Å². The second-order valence-electron chi connectivity index (χ2n) is 12.6. The summed E-state index contributed by atoms with van der Waals surface area (Å²) in [5, 5.41) is 13.6. The van der Waals surface area contributed by atoms with E-state index in [1.165, 1.54) is 10.8 Å². The smallest absolute Gasteiger partial charge is 0.143 e. The molecule has 0 aliphatic heterocycles. The Bertz CT molecular complexity index is 2890. The number of pyridine rings is 2. The van der Waals surface area contributed by atoms with Crippen molar-refractivity contribution in [2.24, 2.45) is 0 Å². The van der Waals surface area contributed by atoms with Crippen molar-refractivity contribution >= 4 is 87.0 Å². The molecule has 0 radical (unpaired) electrons. The average Bonchev–Trinajstić information content (AvgIpc) is 3.73. The summed E-state index contributed by atoms with van der Waals surface area (Å²) in [5.41, 5.74) is 7.89. The lowest BCUT2D eigenvalue weighted by Crippen LogP contribution is -1.89. The molecule has 7 aromatic carbocycles. The fourth-order valence-electron chi connectivity index (χ4n) is 7.85. The van der Waals surface area contributed by atoms with Crippen LogP contribution in [-0.2, 0) is 0 Å². The quantitative estimate of drug-likeness (QED) is 0.144. The molecule has 0 fully saturated rings. The zero-order valence-corrected chi connectivity index (χ0v) is 25.6. The van der Waals surface area contributed by atoms with Gasteiger partial charge in [-0.05, 0) is 104 Å². The molecule has 4 heterocycles. The number of benzene rings is 7. The number of nitrogens with zero attached hydrogens (tertiary/aromatic N) is 2. The molecule has 4 aromatic heterocycles. The van der Waals surface area contributed by atoms with Gasteiger partial charge in [-0.15, -0.1) is 0 Å². The number of hydrogen-bond acceptors (Lipinski definition) is 4. The van der Waals surface area contributed by atoms with Crippen LogP contribution in [0.15, 0.2) is 155 Å². The highest BCUT2D eigenvalue weighted by Crippen LogP contribution is 2.46. The standard InChI is InChI=1S/C44H24N2O2/c1-3-11-39-29(9-1)33-15-13-31-35-19-28-22-38(26-8-6-18-46-24-26)42-32(14-16-34-30-10-2-4-12-40(30)48-44(34)42)36(28)20-27(35)21-37(41(31)43(33)47-39)25-7-5-17-45-23-25/h1-24H. The van der Waals surface area contributed by atoms with E-state index >= 15 is 0 Å². The van der Waals surface area contributed by atoms with Crippen LogP contribution < -0.4 is 0 Å². The molecule has 0 N–H and O–H groups in total. The van der Waals surface area contributed by atoms with Gasteiger partial charge >= 0.3 is 0 Å². The Hall–Kier alpha value is -6.52. The van der Waals surface area contributed by atoms with Gasteiger partial charge in [0.2, 0.25) is 0 Å². The van der Waals surface area contributed by atoms with E-state index < -0.39 is 0 Å². The van der Waals surface area contributed by atoms with Crippen LogP contribution in [0.3, 0.4) is 0 Å². The number of furan rings is 2. The number of para-hydroxylation sites is 2. The predicted octanol–water partition coefficient (Wildman–Crippen LogP) is 12.2. The van der Waals surface area contributed by atoms with Gasteiger partial charge in [0, 0.05) is 68.2 Å². The molecule has 11 aromatic rings. The first kappa shape index (κ1) is 25.6. The molecule has 0 aliphatic rings. The maximum absolute atomic E-state index is 6.63. The van der Waals surface area contributed by atoms with Crippen LogP contribution in [-0.4, -0.2) is 9.97 Å². The van der Waals surface area contributed by atoms with Crippen molar-refractivity contribution in [2.75, 3.05) is 0 Å². The fraction of sp³-hybridized carbons (Fsp3) is 0. The number of aromatic nitrogens is 2. The Balaban J connectivity index is 1.32. The SMILES string of the molecule is c1cncc(-c2cc3cc4c(cc(-c5cccnc5)c5c4ccc4c6ccccc6oc45)cc3c3ccc4c5ccccc5oc4c23)c1. The molecule has 0 aliphatic carbocycles. The fourth-order valence-corrected chi connectivity index (χ4v) is 7.85. The molecule has 0 atom stereocenters. The molecule has 0 saturated heterocycles. The second kappa shape index (κ2) is 9.50. The van der Waals surface area contributed by atoms with Gasteiger partial charge < -0.3 is 8.83 Å². The van der Waals surface area contributed by atoms with E-state index in [0.29, 0.717) is 0 Å². The van der Waals surface area contributed by atoms with Crippen LogP contribution in [0.1, 0.15) is 0 Å². The van der Waals surface area contributed by atoms with Crippen molar-refractivity contribution < 1.29 is 8.83 Å². The average molecular weight is 613 g/mol. The van der Waals surface area contributed by atoms with Crippen LogP contribution in [0.25, 0.3) is 109 Å². The van der Waals surface area contributed by atoms with E-state index in [2.05, 4.69) is 94.9 Å². The lowest BCUT2D eigenvalue weighted by molar-refractivity contribution is 0.672. The van der Waals surface area contributed by atoms with Gasteiger partial charge in [-0.1, -0.05) is 60.7 Å². The normalized spacial score (nSPS) is 12.2. The summed E-state index contributed by atoms with van der Waals surface area (Å²) in [6.07, 6.45) is 7.53. The third-order valence-electron chi connectivity index (χ3n) is 9.98. The molecular weight excluding hydrogens is 588 g/mol. The minimum atomic E-state index is 0.889. The lowest BCUT2D eigenvalue weighted by atomic mass is 9.88. The highest BCUT2D eigenvalue weighted by atomic mass is 16.3. The van der Waals surface area contributed by atoms with Crippen LogP contribution in [0.5, 0.6) is 0 Å². The summed E-state index contributed by atoms with van der Waals surface area (Å²) >= 11 is 0. The Labute approximate surface area is 273 Å². The summed E-state index contributed by atoms with van der Waals surface area (Å²) in [6, 6.07) is 43.0. The number of hydrogen-bond donors (Lipinski definition) is 0. The summed E-state index contributed by atoms with van der Waals surface area (Å²) < 4.78 is 13.3. The summed E-state index contributed by atoms with van der Waals surface area (Å²) in [7, 11) is 0. The predicted molar refractivity (Wildman–Crippen MR) is 197 cm³/mol. The molecule has 0 spiro atoms. The first-order valence-electron chi connectivity index (χ1n) is 16.1. The van der Waals surface area contributed by atoms with Crippen LogP contribution in [0.4, 0.5) is 0 Å². The summed E-state index contributed by atoms with van der Waals surface area (Å²) in [6.45, 7) is 0. The van der Waals surface area contributed by atoms with E-state index in [9.17, 15) is 0 Å². The van der Waals surface area contributed by atoms with Crippen molar-refractivity contribution in [1.29, 1.82) is 0 Å². The van der Waals surface area contributed by atoms with Crippen molar-refractivity contribution in [2.45, 2.75) is 0 Å². The minimum Gasteiger partial charge on any atom is -0.455 e. The Morgan fingerprint density at radius 3 is 1.29 bits per heavy atom. The third-order valence-corrected chi connectivity index (χ3v) is 9.98. The van der Waals surface area contributed by atoms with Gasteiger partial charge in [0.05, 0.1) is 0 Å². The maximum atomic E-state index is 6.63. The van der Waals surface area contributed by atoms with Gasteiger partial charge in [0.15, 0.2) is 0 Å². The molecule has 4 heteroatoms. The van der Waals surface area contributed by atoms with Crippen LogP contribution >= 0.6 is 0 Å². The monoisotopic (exact) mass is 612 g/mol. The van der Waals surface area contributed by atoms with Crippen molar-refractivity contribution in [1.82, 2.24) is 9.97 Å². The van der Waals surface area contributed by atoms with E-state index in [1.54, 1.807) is 0 Å². The third kappa shape index (κ3) is 3.49. The molecule has 4 nitrogen and oxygen atoms in total. The van der Waals surface area contributed by atoms with Gasteiger partial charge in [-0.3, -0.25) is 9.97 Å². The minimum absolute atomic E-state index is 0.889. The van der Waals surface area contributed by atoms with E-state index in [-0.39, 0.29) is 0 Å². The Kier molecular flexibility index (Phi) is 5.08. The van der Waals surface area contributed by atoms with E-state index in [1.807, 2.05) is 61.2 Å². The molecule has 0 bridgehead atoms. The maximum Gasteiger partial charge on any atom is 0.143 e. The number of rotatable bonds is 2. The molecule has 0 saturated carbocycles. The zero-order valence-electron chi connectivity index (χ0n) is 25.6. The topological polar surface area (TPSA) is 52.1 Å². The Morgan fingerprint density at radius 1 is 0.375 bits per heavy atom.